The van der Waals surface area contributed by atoms with Crippen LogP contribution in [0, 0.1) is 0 Å². The van der Waals surface area contributed by atoms with Crippen LogP contribution in [0.4, 0.5) is 11.5 Å². The molecule has 2 N–H and O–H groups in total. The fourth-order valence-electron chi connectivity index (χ4n) is 1.83. The number of aromatic amines is 1. The lowest BCUT2D eigenvalue weighted by Gasteiger charge is -2.07. The van der Waals surface area contributed by atoms with Crippen molar-refractivity contribution in [2.24, 2.45) is 0 Å². The summed E-state index contributed by atoms with van der Waals surface area (Å²) in [4.78, 5) is 4.14. The molecule has 5 nitrogen and oxygen atoms in total. The number of fused-ring (bicyclic) bond motifs is 1. The van der Waals surface area contributed by atoms with Gasteiger partial charge in [0.15, 0.2) is 5.82 Å². The van der Waals surface area contributed by atoms with E-state index in [-0.39, 0.29) is 0 Å². The number of rotatable bonds is 3. The van der Waals surface area contributed by atoms with Crippen LogP contribution in [-0.2, 0) is 0 Å². The molecule has 3 rings (SSSR count). The summed E-state index contributed by atoms with van der Waals surface area (Å²) in [6.07, 6.45) is 1.69. The number of nitrogens with one attached hydrogen (secondary N) is 2. The summed E-state index contributed by atoms with van der Waals surface area (Å²) in [6.45, 7) is 0. The van der Waals surface area contributed by atoms with Gasteiger partial charge in [-0.1, -0.05) is 12.1 Å². The summed E-state index contributed by atoms with van der Waals surface area (Å²) in [5.74, 6) is 1.31. The Labute approximate surface area is 104 Å². The quantitative estimate of drug-likeness (QED) is 0.738. The van der Waals surface area contributed by atoms with Crippen molar-refractivity contribution >= 4 is 22.4 Å². The number of anilines is 2. The van der Waals surface area contributed by atoms with Crippen molar-refractivity contribution in [3.63, 3.8) is 0 Å². The average Bonchev–Trinajstić information content (AvgIpc) is 2.83. The van der Waals surface area contributed by atoms with E-state index in [9.17, 15) is 0 Å². The van der Waals surface area contributed by atoms with Gasteiger partial charge in [0.2, 0.25) is 5.88 Å². The van der Waals surface area contributed by atoms with E-state index in [2.05, 4.69) is 20.5 Å². The number of H-pyrrole nitrogens is 1. The number of hydrogen-bond donors (Lipinski definition) is 2. The fourth-order valence-corrected chi connectivity index (χ4v) is 1.83. The van der Waals surface area contributed by atoms with E-state index in [1.54, 1.807) is 13.3 Å². The first kappa shape index (κ1) is 10.6. The minimum Gasteiger partial charge on any atom is -0.480 e. The molecule has 2 aromatic heterocycles. The Kier molecular flexibility index (Phi) is 2.57. The standard InChI is InChI=1S/C13H12N4O/c1-18-13-11(7-4-8-14-13)15-12-9-5-2-3-6-10(9)16-17-12/h2-8H,1H3,(H2,15,16,17). The van der Waals surface area contributed by atoms with E-state index in [0.717, 1.165) is 22.4 Å². The third kappa shape index (κ3) is 1.75. The van der Waals surface area contributed by atoms with Crippen LogP contribution in [0.1, 0.15) is 0 Å². The molecule has 0 radical (unpaired) electrons. The molecular formula is C13H12N4O. The number of ether oxygens (including phenoxy) is 1. The minimum atomic E-state index is 0.546. The van der Waals surface area contributed by atoms with Gasteiger partial charge in [-0.05, 0) is 24.3 Å². The predicted octanol–water partition coefficient (Wildman–Crippen LogP) is 2.71. The van der Waals surface area contributed by atoms with Crippen LogP contribution in [-0.4, -0.2) is 22.3 Å². The fraction of sp³-hybridized carbons (Fsp3) is 0.0769. The van der Waals surface area contributed by atoms with E-state index in [4.69, 9.17) is 4.74 Å². The van der Waals surface area contributed by atoms with Crippen molar-refractivity contribution in [1.29, 1.82) is 0 Å². The van der Waals surface area contributed by atoms with Crippen molar-refractivity contribution in [3.05, 3.63) is 42.6 Å². The van der Waals surface area contributed by atoms with E-state index >= 15 is 0 Å². The molecule has 0 saturated carbocycles. The van der Waals surface area contributed by atoms with Gasteiger partial charge in [0.1, 0.15) is 5.69 Å². The lowest BCUT2D eigenvalue weighted by atomic mass is 10.2. The second-order valence-corrected chi connectivity index (χ2v) is 3.80. The summed E-state index contributed by atoms with van der Waals surface area (Å²) in [5, 5.41) is 11.5. The van der Waals surface area contributed by atoms with Gasteiger partial charge in [0, 0.05) is 11.6 Å². The first-order chi connectivity index (χ1) is 8.88. The zero-order chi connectivity index (χ0) is 12.4. The molecule has 0 aliphatic rings. The Morgan fingerprint density at radius 1 is 1.17 bits per heavy atom. The Morgan fingerprint density at radius 2 is 2.06 bits per heavy atom. The van der Waals surface area contributed by atoms with Gasteiger partial charge < -0.3 is 10.1 Å². The van der Waals surface area contributed by atoms with Crippen LogP contribution in [0.15, 0.2) is 42.6 Å². The van der Waals surface area contributed by atoms with E-state index in [1.807, 2.05) is 36.4 Å². The van der Waals surface area contributed by atoms with E-state index in [1.165, 1.54) is 0 Å². The van der Waals surface area contributed by atoms with Crippen molar-refractivity contribution in [3.8, 4) is 5.88 Å². The molecule has 3 aromatic rings. The summed E-state index contributed by atoms with van der Waals surface area (Å²) in [5.41, 5.74) is 1.78. The van der Waals surface area contributed by atoms with Crippen molar-refractivity contribution in [2.45, 2.75) is 0 Å². The maximum atomic E-state index is 5.19. The molecule has 0 aliphatic heterocycles. The Hall–Kier alpha value is -2.56. The minimum absolute atomic E-state index is 0.546. The number of para-hydroxylation sites is 1. The molecule has 2 heterocycles. The van der Waals surface area contributed by atoms with Crippen LogP contribution >= 0.6 is 0 Å². The number of nitrogens with zero attached hydrogens (tertiary/aromatic N) is 2. The van der Waals surface area contributed by atoms with Crippen LogP contribution in [0.5, 0.6) is 5.88 Å². The normalized spacial score (nSPS) is 10.5. The molecule has 0 fully saturated rings. The van der Waals surface area contributed by atoms with Gasteiger partial charge in [-0.3, -0.25) is 5.10 Å². The molecule has 0 spiro atoms. The number of aromatic nitrogens is 3. The molecule has 0 aliphatic carbocycles. The molecule has 0 saturated heterocycles. The number of benzene rings is 1. The van der Waals surface area contributed by atoms with Crippen molar-refractivity contribution in [1.82, 2.24) is 15.2 Å². The van der Waals surface area contributed by atoms with Gasteiger partial charge in [0.25, 0.3) is 0 Å². The third-order valence-corrected chi connectivity index (χ3v) is 2.69. The maximum absolute atomic E-state index is 5.19. The highest BCUT2D eigenvalue weighted by molar-refractivity contribution is 5.91. The molecule has 90 valence electrons. The lowest BCUT2D eigenvalue weighted by Crippen LogP contribution is -1.96. The Morgan fingerprint density at radius 3 is 2.94 bits per heavy atom. The molecular weight excluding hydrogens is 228 g/mol. The van der Waals surface area contributed by atoms with Crippen molar-refractivity contribution < 1.29 is 4.74 Å². The first-order valence-electron chi connectivity index (χ1n) is 5.57. The largest absolute Gasteiger partial charge is 0.480 e. The Bertz CT molecular complexity index is 677. The van der Waals surface area contributed by atoms with Crippen LogP contribution in [0.2, 0.25) is 0 Å². The van der Waals surface area contributed by atoms with Gasteiger partial charge in [-0.15, -0.1) is 0 Å². The molecule has 0 unspecified atom stereocenters. The summed E-state index contributed by atoms with van der Waals surface area (Å²) in [7, 11) is 1.59. The number of hydrogen-bond acceptors (Lipinski definition) is 4. The SMILES string of the molecule is COc1ncccc1Nc1n[nH]c2ccccc12. The average molecular weight is 240 g/mol. The highest BCUT2D eigenvalue weighted by Gasteiger charge is 2.08. The summed E-state index contributed by atoms with van der Waals surface area (Å²) in [6, 6.07) is 11.7. The van der Waals surface area contributed by atoms with Gasteiger partial charge in [-0.25, -0.2) is 4.98 Å². The van der Waals surface area contributed by atoms with E-state index < -0.39 is 0 Å². The number of pyridine rings is 1. The van der Waals surface area contributed by atoms with Gasteiger partial charge in [0.05, 0.1) is 12.6 Å². The third-order valence-electron chi connectivity index (χ3n) is 2.69. The predicted molar refractivity (Wildman–Crippen MR) is 70.2 cm³/mol. The van der Waals surface area contributed by atoms with Gasteiger partial charge in [-0.2, -0.15) is 5.10 Å². The molecule has 0 bridgehead atoms. The maximum Gasteiger partial charge on any atom is 0.237 e. The molecule has 18 heavy (non-hydrogen) atoms. The lowest BCUT2D eigenvalue weighted by molar-refractivity contribution is 0.400. The van der Waals surface area contributed by atoms with Gasteiger partial charge >= 0.3 is 0 Å². The van der Waals surface area contributed by atoms with Crippen molar-refractivity contribution in [2.75, 3.05) is 12.4 Å². The van der Waals surface area contributed by atoms with E-state index in [0.29, 0.717) is 5.88 Å². The monoisotopic (exact) mass is 240 g/mol. The second-order valence-electron chi connectivity index (χ2n) is 3.80. The molecule has 0 amide bonds. The summed E-state index contributed by atoms with van der Waals surface area (Å²) >= 11 is 0. The second kappa shape index (κ2) is 4.37. The zero-order valence-electron chi connectivity index (χ0n) is 9.84. The van der Waals surface area contributed by atoms with Crippen LogP contribution < -0.4 is 10.1 Å². The summed E-state index contributed by atoms with van der Waals surface area (Å²) < 4.78 is 5.19. The molecule has 0 atom stereocenters. The Balaban J connectivity index is 2.01. The highest BCUT2D eigenvalue weighted by Crippen LogP contribution is 2.27. The van der Waals surface area contributed by atoms with Crippen LogP contribution in [0.3, 0.4) is 0 Å². The van der Waals surface area contributed by atoms with Crippen LogP contribution in [0.25, 0.3) is 10.9 Å². The first-order valence-corrected chi connectivity index (χ1v) is 5.57. The topological polar surface area (TPSA) is 62.8 Å². The number of methoxy groups -OCH3 is 1. The zero-order valence-corrected chi connectivity index (χ0v) is 9.84. The molecule has 5 heteroatoms. The molecule has 1 aromatic carbocycles. The highest BCUT2D eigenvalue weighted by atomic mass is 16.5. The smallest absolute Gasteiger partial charge is 0.237 e.